The van der Waals surface area contributed by atoms with Crippen LogP contribution in [0.5, 0.6) is 0 Å². The van der Waals surface area contributed by atoms with Crippen LogP contribution in [0.2, 0.25) is 0 Å². The quantitative estimate of drug-likeness (QED) is 0.393. The second-order valence-electron chi connectivity index (χ2n) is 4.08. The predicted molar refractivity (Wildman–Crippen MR) is 79.2 cm³/mol. The number of non-ortho nitro benzene ring substituents is 1. The van der Waals surface area contributed by atoms with Gasteiger partial charge in [-0.3, -0.25) is 14.9 Å². The third kappa shape index (κ3) is 3.30. The van der Waals surface area contributed by atoms with Gasteiger partial charge in [-0.1, -0.05) is 6.07 Å². The first-order valence-electron chi connectivity index (χ1n) is 5.84. The zero-order valence-electron chi connectivity index (χ0n) is 10.7. The fourth-order valence-electron chi connectivity index (χ4n) is 1.63. The summed E-state index contributed by atoms with van der Waals surface area (Å²) in [5.74, 6) is -0.0768. The second kappa shape index (κ2) is 6.12. The van der Waals surface area contributed by atoms with Gasteiger partial charge in [0.1, 0.15) is 0 Å². The molecular weight excluding hydrogens is 276 g/mol. The number of benzene rings is 1. The summed E-state index contributed by atoms with van der Waals surface area (Å²) in [6, 6.07) is 8.10. The highest BCUT2D eigenvalue weighted by Gasteiger charge is 2.07. The number of nitro benzene ring substituents is 1. The number of anilines is 1. The molecule has 1 aromatic heterocycles. The molecule has 0 aliphatic rings. The van der Waals surface area contributed by atoms with Crippen molar-refractivity contribution in [1.29, 1.82) is 0 Å². The number of allylic oxidation sites excluding steroid dienone is 1. The second-order valence-corrected chi connectivity index (χ2v) is 5.02. The van der Waals surface area contributed by atoms with Gasteiger partial charge in [0.05, 0.1) is 9.80 Å². The summed E-state index contributed by atoms with van der Waals surface area (Å²) in [5, 5.41) is 15.4. The van der Waals surface area contributed by atoms with Gasteiger partial charge in [0, 0.05) is 30.1 Å². The number of ketones is 1. The zero-order chi connectivity index (χ0) is 14.5. The van der Waals surface area contributed by atoms with Crippen molar-refractivity contribution in [1.82, 2.24) is 0 Å². The van der Waals surface area contributed by atoms with Crippen molar-refractivity contribution in [3.8, 4) is 0 Å². The highest BCUT2D eigenvalue weighted by atomic mass is 32.1. The largest absolute Gasteiger partial charge is 0.361 e. The van der Waals surface area contributed by atoms with Crippen molar-refractivity contribution in [3.63, 3.8) is 0 Å². The number of rotatable bonds is 5. The van der Waals surface area contributed by atoms with Gasteiger partial charge >= 0.3 is 0 Å². The van der Waals surface area contributed by atoms with E-state index in [0.29, 0.717) is 4.88 Å². The smallest absolute Gasteiger partial charge is 0.269 e. The third-order valence-electron chi connectivity index (χ3n) is 2.66. The lowest BCUT2D eigenvalue weighted by Crippen LogP contribution is -1.96. The SMILES string of the molecule is Cc1cc([N+](=O)[O-])ccc1NC=CC(=O)c1cccs1. The summed E-state index contributed by atoms with van der Waals surface area (Å²) < 4.78 is 0. The molecule has 102 valence electrons. The monoisotopic (exact) mass is 288 g/mol. The summed E-state index contributed by atoms with van der Waals surface area (Å²) in [6.07, 6.45) is 2.98. The van der Waals surface area contributed by atoms with Crippen molar-refractivity contribution < 1.29 is 9.72 Å². The van der Waals surface area contributed by atoms with Crippen LogP contribution in [-0.4, -0.2) is 10.7 Å². The molecule has 1 aromatic carbocycles. The lowest BCUT2D eigenvalue weighted by molar-refractivity contribution is -0.384. The average molecular weight is 288 g/mol. The molecule has 6 heteroatoms. The third-order valence-corrected chi connectivity index (χ3v) is 3.54. The first-order valence-corrected chi connectivity index (χ1v) is 6.72. The number of thiophene rings is 1. The van der Waals surface area contributed by atoms with Crippen molar-refractivity contribution in [2.45, 2.75) is 6.92 Å². The molecule has 20 heavy (non-hydrogen) atoms. The minimum atomic E-state index is -0.438. The van der Waals surface area contributed by atoms with E-state index in [0.717, 1.165) is 11.3 Å². The molecule has 0 bridgehead atoms. The van der Waals surface area contributed by atoms with Crippen LogP contribution in [0.25, 0.3) is 0 Å². The first-order chi connectivity index (χ1) is 9.58. The summed E-state index contributed by atoms with van der Waals surface area (Å²) in [6.45, 7) is 1.77. The number of nitro groups is 1. The first kappa shape index (κ1) is 14.0. The van der Waals surface area contributed by atoms with Crippen LogP contribution in [0.4, 0.5) is 11.4 Å². The summed E-state index contributed by atoms with van der Waals surface area (Å²) in [7, 11) is 0. The molecule has 5 nitrogen and oxygen atoms in total. The van der Waals surface area contributed by atoms with E-state index in [1.807, 2.05) is 11.4 Å². The minimum absolute atomic E-state index is 0.0479. The average Bonchev–Trinajstić information content (AvgIpc) is 2.94. The Bertz CT molecular complexity index is 663. The Labute approximate surface area is 119 Å². The number of carbonyl (C=O) groups is 1. The molecule has 0 aliphatic carbocycles. The van der Waals surface area contributed by atoms with Crippen LogP contribution < -0.4 is 5.32 Å². The number of hydrogen-bond acceptors (Lipinski definition) is 5. The van der Waals surface area contributed by atoms with E-state index < -0.39 is 4.92 Å². The molecule has 2 aromatic rings. The predicted octanol–water partition coefficient (Wildman–Crippen LogP) is 3.77. The molecule has 0 unspecified atom stereocenters. The summed E-state index contributed by atoms with van der Waals surface area (Å²) >= 11 is 1.38. The number of aryl methyl sites for hydroxylation is 1. The van der Waals surface area contributed by atoms with Gasteiger partial charge in [0.15, 0.2) is 5.78 Å². The standard InChI is InChI=1S/C14H12N2O3S/c1-10-9-11(16(18)19)4-5-12(10)15-7-6-13(17)14-3-2-8-20-14/h2-9,15H,1H3. The van der Waals surface area contributed by atoms with Crippen molar-refractivity contribution >= 4 is 28.5 Å². The maximum absolute atomic E-state index is 11.7. The van der Waals surface area contributed by atoms with E-state index in [1.165, 1.54) is 35.7 Å². The highest BCUT2D eigenvalue weighted by Crippen LogP contribution is 2.21. The topological polar surface area (TPSA) is 72.2 Å². The van der Waals surface area contributed by atoms with Gasteiger partial charge in [-0.25, -0.2) is 0 Å². The van der Waals surface area contributed by atoms with Crippen LogP contribution >= 0.6 is 11.3 Å². The van der Waals surface area contributed by atoms with E-state index in [1.54, 1.807) is 19.1 Å². The zero-order valence-corrected chi connectivity index (χ0v) is 11.5. The van der Waals surface area contributed by atoms with Crippen LogP contribution in [0.3, 0.4) is 0 Å². The van der Waals surface area contributed by atoms with Gasteiger partial charge < -0.3 is 5.32 Å². The van der Waals surface area contributed by atoms with Gasteiger partial charge in [-0.05, 0) is 30.0 Å². The molecule has 0 atom stereocenters. The number of hydrogen-bond donors (Lipinski definition) is 1. The Morgan fingerprint density at radius 2 is 2.20 bits per heavy atom. The van der Waals surface area contributed by atoms with Crippen LogP contribution in [0, 0.1) is 17.0 Å². The molecule has 0 aliphatic heterocycles. The molecule has 0 spiro atoms. The maximum atomic E-state index is 11.7. The van der Waals surface area contributed by atoms with Crippen molar-refractivity contribution in [2.75, 3.05) is 5.32 Å². The number of nitrogens with one attached hydrogen (secondary N) is 1. The molecule has 1 N–H and O–H groups in total. The van der Waals surface area contributed by atoms with Crippen molar-refractivity contribution in [2.24, 2.45) is 0 Å². The number of carbonyl (C=O) groups excluding carboxylic acids is 1. The Morgan fingerprint density at radius 1 is 1.40 bits per heavy atom. The van der Waals surface area contributed by atoms with E-state index in [9.17, 15) is 14.9 Å². The molecule has 0 saturated heterocycles. The van der Waals surface area contributed by atoms with Crippen LogP contribution in [-0.2, 0) is 0 Å². The lowest BCUT2D eigenvalue weighted by Gasteiger charge is -2.04. The normalized spacial score (nSPS) is 10.7. The molecule has 2 rings (SSSR count). The van der Waals surface area contributed by atoms with E-state index >= 15 is 0 Å². The Balaban J connectivity index is 2.04. The van der Waals surface area contributed by atoms with Gasteiger partial charge in [0.25, 0.3) is 5.69 Å². The molecule has 0 fully saturated rings. The fraction of sp³-hybridized carbons (Fsp3) is 0.0714. The van der Waals surface area contributed by atoms with Gasteiger partial charge in [0.2, 0.25) is 0 Å². The van der Waals surface area contributed by atoms with E-state index in [2.05, 4.69) is 5.32 Å². The molecule has 1 heterocycles. The number of nitrogens with zero attached hydrogens (tertiary/aromatic N) is 1. The molecule has 0 saturated carbocycles. The molecule has 0 amide bonds. The lowest BCUT2D eigenvalue weighted by atomic mass is 10.2. The maximum Gasteiger partial charge on any atom is 0.269 e. The van der Waals surface area contributed by atoms with E-state index in [-0.39, 0.29) is 11.5 Å². The van der Waals surface area contributed by atoms with Crippen LogP contribution in [0.1, 0.15) is 15.2 Å². The summed E-state index contributed by atoms with van der Waals surface area (Å²) in [4.78, 5) is 22.6. The Morgan fingerprint density at radius 3 is 2.80 bits per heavy atom. The molecular formula is C14H12N2O3S. The Hall–Kier alpha value is -2.47. The van der Waals surface area contributed by atoms with Gasteiger partial charge in [-0.15, -0.1) is 11.3 Å². The fourth-order valence-corrected chi connectivity index (χ4v) is 2.28. The minimum Gasteiger partial charge on any atom is -0.361 e. The van der Waals surface area contributed by atoms with E-state index in [4.69, 9.17) is 0 Å². The van der Waals surface area contributed by atoms with Crippen LogP contribution in [0.15, 0.2) is 48.0 Å². The Kier molecular flexibility index (Phi) is 4.27. The van der Waals surface area contributed by atoms with Gasteiger partial charge in [-0.2, -0.15) is 0 Å². The molecule has 0 radical (unpaired) electrons. The van der Waals surface area contributed by atoms with Crippen molar-refractivity contribution in [3.05, 3.63) is 68.5 Å². The summed E-state index contributed by atoms with van der Waals surface area (Å²) in [5.41, 5.74) is 1.52. The highest BCUT2D eigenvalue weighted by molar-refractivity contribution is 7.12.